The van der Waals surface area contributed by atoms with Crippen molar-refractivity contribution in [2.45, 2.75) is 0 Å². The Morgan fingerprint density at radius 2 is 1.11 bits per heavy atom. The van der Waals surface area contributed by atoms with Gasteiger partial charge in [-0.1, -0.05) is 36.4 Å². The fraction of sp³-hybridized carbons (Fsp3) is 0. The molecular weight excluding hydrogens is 232 g/mol. The van der Waals surface area contributed by atoms with Crippen molar-refractivity contribution in [3.05, 3.63) is 78.5 Å². The average Bonchev–Trinajstić information content (AvgIpc) is 3.05. The fourth-order valence-electron chi connectivity index (χ4n) is 2.59. The molecule has 2 aromatic heterocycles. The van der Waals surface area contributed by atoms with Crippen LogP contribution in [0.4, 0.5) is 0 Å². The Morgan fingerprint density at radius 3 is 1.63 bits per heavy atom. The van der Waals surface area contributed by atoms with Gasteiger partial charge < -0.3 is 9.97 Å². The summed E-state index contributed by atoms with van der Waals surface area (Å²) >= 11 is 0. The van der Waals surface area contributed by atoms with Gasteiger partial charge in [0, 0.05) is 40.6 Å². The molecule has 0 bridgehead atoms. The summed E-state index contributed by atoms with van der Waals surface area (Å²) in [4.78, 5) is 6.61. The number of benzene rings is 2. The summed E-state index contributed by atoms with van der Waals surface area (Å²) < 4.78 is 0. The van der Waals surface area contributed by atoms with Gasteiger partial charge in [-0.05, 0) is 23.3 Å². The number of nitrogens with one attached hydrogen (secondary N) is 2. The van der Waals surface area contributed by atoms with Crippen LogP contribution in [-0.4, -0.2) is 9.97 Å². The summed E-state index contributed by atoms with van der Waals surface area (Å²) in [6.45, 7) is 0. The van der Waals surface area contributed by atoms with E-state index in [1.165, 1.54) is 32.9 Å². The monoisotopic (exact) mass is 245 g/mol. The Hall–Kier alpha value is -2.48. The van der Waals surface area contributed by atoms with Crippen molar-refractivity contribution >= 4 is 21.8 Å². The maximum Gasteiger partial charge on any atom is 0.0457 e. The van der Waals surface area contributed by atoms with Gasteiger partial charge in [0.25, 0.3) is 0 Å². The molecule has 2 heteroatoms. The van der Waals surface area contributed by atoms with Crippen molar-refractivity contribution < 1.29 is 0 Å². The van der Waals surface area contributed by atoms with Gasteiger partial charge in [0.1, 0.15) is 0 Å². The fourth-order valence-corrected chi connectivity index (χ4v) is 2.59. The number of aromatic nitrogens is 2. The van der Waals surface area contributed by atoms with Crippen LogP contribution in [0.1, 0.15) is 11.1 Å². The summed E-state index contributed by atoms with van der Waals surface area (Å²) in [5, 5.41) is 2.51. The van der Waals surface area contributed by atoms with E-state index < -0.39 is 0 Å². The lowest BCUT2D eigenvalue weighted by Gasteiger charge is -1.98. The second-order valence-electron chi connectivity index (χ2n) is 4.72. The summed E-state index contributed by atoms with van der Waals surface area (Å²) in [5.41, 5.74) is 4.79. The number of hydrogen-bond donors (Lipinski definition) is 2. The molecule has 1 radical (unpaired) electrons. The van der Waals surface area contributed by atoms with Gasteiger partial charge in [0.05, 0.1) is 0 Å². The SMILES string of the molecule is [CH](c1c[nH]c2ccccc12)c1c[nH]c2ccccc12. The minimum absolute atomic E-state index is 1.17. The van der Waals surface area contributed by atoms with E-state index in [-0.39, 0.29) is 0 Å². The molecule has 19 heavy (non-hydrogen) atoms. The lowest BCUT2D eigenvalue weighted by Crippen LogP contribution is -1.81. The Morgan fingerprint density at radius 1 is 0.632 bits per heavy atom. The van der Waals surface area contributed by atoms with Crippen molar-refractivity contribution in [3.8, 4) is 0 Å². The van der Waals surface area contributed by atoms with Crippen LogP contribution in [0.15, 0.2) is 60.9 Å². The third kappa shape index (κ3) is 1.65. The molecule has 4 aromatic rings. The Bertz CT molecular complexity index is 780. The summed E-state index contributed by atoms with van der Waals surface area (Å²) in [6.07, 6.45) is 6.34. The quantitative estimate of drug-likeness (QED) is 0.529. The molecule has 0 saturated heterocycles. The van der Waals surface area contributed by atoms with Crippen molar-refractivity contribution in [1.29, 1.82) is 0 Å². The first kappa shape index (κ1) is 10.4. The first-order valence-electron chi connectivity index (χ1n) is 6.39. The molecule has 91 valence electrons. The molecule has 0 spiro atoms. The van der Waals surface area contributed by atoms with Gasteiger partial charge in [-0.3, -0.25) is 0 Å². The van der Waals surface area contributed by atoms with E-state index in [4.69, 9.17) is 0 Å². The molecule has 0 atom stereocenters. The van der Waals surface area contributed by atoms with Crippen LogP contribution in [0.5, 0.6) is 0 Å². The summed E-state index contributed by atoms with van der Waals surface area (Å²) in [7, 11) is 0. The second-order valence-corrected chi connectivity index (χ2v) is 4.72. The minimum Gasteiger partial charge on any atom is -0.361 e. The Kier molecular flexibility index (Phi) is 2.21. The Labute approximate surface area is 111 Å². The number of aromatic amines is 2. The van der Waals surface area contributed by atoms with Crippen molar-refractivity contribution in [1.82, 2.24) is 9.97 Å². The molecular formula is C17H13N2. The van der Waals surface area contributed by atoms with E-state index in [1.807, 2.05) is 12.1 Å². The predicted molar refractivity (Wildman–Crippen MR) is 79.1 cm³/mol. The number of fused-ring (bicyclic) bond motifs is 2. The zero-order chi connectivity index (χ0) is 12.7. The molecule has 0 saturated carbocycles. The van der Waals surface area contributed by atoms with E-state index in [9.17, 15) is 0 Å². The van der Waals surface area contributed by atoms with E-state index in [0.29, 0.717) is 0 Å². The van der Waals surface area contributed by atoms with E-state index >= 15 is 0 Å². The number of H-pyrrole nitrogens is 2. The van der Waals surface area contributed by atoms with Gasteiger partial charge >= 0.3 is 0 Å². The van der Waals surface area contributed by atoms with Crippen LogP contribution < -0.4 is 0 Å². The maximum absolute atomic E-state index is 3.31. The smallest absolute Gasteiger partial charge is 0.0457 e. The van der Waals surface area contributed by atoms with E-state index in [0.717, 1.165) is 0 Å². The van der Waals surface area contributed by atoms with Gasteiger partial charge in [0.2, 0.25) is 0 Å². The molecule has 4 rings (SSSR count). The third-order valence-electron chi connectivity index (χ3n) is 3.55. The minimum atomic E-state index is 1.17. The zero-order valence-corrected chi connectivity index (χ0v) is 10.4. The van der Waals surface area contributed by atoms with Crippen molar-refractivity contribution in [3.63, 3.8) is 0 Å². The molecule has 0 amide bonds. The lowest BCUT2D eigenvalue weighted by atomic mass is 10.0. The normalized spacial score (nSPS) is 11.4. The number of para-hydroxylation sites is 2. The Balaban J connectivity index is 1.82. The highest BCUT2D eigenvalue weighted by Gasteiger charge is 2.08. The number of hydrogen-bond acceptors (Lipinski definition) is 0. The highest BCUT2D eigenvalue weighted by Crippen LogP contribution is 2.26. The molecule has 0 aliphatic heterocycles. The second kappa shape index (κ2) is 4.02. The van der Waals surface area contributed by atoms with E-state index in [1.54, 1.807) is 0 Å². The van der Waals surface area contributed by atoms with Crippen LogP contribution >= 0.6 is 0 Å². The predicted octanol–water partition coefficient (Wildman–Crippen LogP) is 4.25. The molecule has 0 fully saturated rings. The maximum atomic E-state index is 3.31. The third-order valence-corrected chi connectivity index (χ3v) is 3.55. The van der Waals surface area contributed by atoms with Crippen molar-refractivity contribution in [2.75, 3.05) is 0 Å². The van der Waals surface area contributed by atoms with Gasteiger partial charge in [-0.25, -0.2) is 0 Å². The molecule has 2 N–H and O–H groups in total. The van der Waals surface area contributed by atoms with Crippen LogP contribution in [0.3, 0.4) is 0 Å². The molecule has 2 heterocycles. The molecule has 2 nitrogen and oxygen atoms in total. The molecule has 0 aliphatic rings. The first-order valence-corrected chi connectivity index (χ1v) is 6.39. The van der Waals surface area contributed by atoms with Crippen LogP contribution in [0, 0.1) is 6.42 Å². The van der Waals surface area contributed by atoms with E-state index in [2.05, 4.69) is 65.2 Å². The summed E-state index contributed by atoms with van der Waals surface area (Å²) in [6, 6.07) is 16.7. The van der Waals surface area contributed by atoms with Crippen LogP contribution in [0.2, 0.25) is 0 Å². The first-order chi connectivity index (χ1) is 9.42. The van der Waals surface area contributed by atoms with Crippen LogP contribution in [-0.2, 0) is 0 Å². The largest absolute Gasteiger partial charge is 0.361 e. The van der Waals surface area contributed by atoms with Gasteiger partial charge in [0.15, 0.2) is 0 Å². The highest BCUT2D eigenvalue weighted by molar-refractivity contribution is 5.89. The summed E-state index contributed by atoms with van der Waals surface area (Å²) in [5.74, 6) is 0. The molecule has 0 aliphatic carbocycles. The lowest BCUT2D eigenvalue weighted by molar-refractivity contribution is 1.41. The zero-order valence-electron chi connectivity index (χ0n) is 10.4. The topological polar surface area (TPSA) is 31.6 Å². The van der Waals surface area contributed by atoms with Gasteiger partial charge in [-0.2, -0.15) is 0 Å². The van der Waals surface area contributed by atoms with Gasteiger partial charge in [-0.15, -0.1) is 0 Å². The highest BCUT2D eigenvalue weighted by atomic mass is 14.7. The standard InChI is InChI=1S/C17H13N2/c1-3-7-16-14(5-1)12(10-18-16)9-13-11-19-17-8-4-2-6-15(13)17/h1-11,18-19H. The van der Waals surface area contributed by atoms with Crippen LogP contribution in [0.25, 0.3) is 21.8 Å². The van der Waals surface area contributed by atoms with Crippen molar-refractivity contribution in [2.24, 2.45) is 0 Å². The number of rotatable bonds is 2. The average molecular weight is 245 g/mol. The molecule has 0 unspecified atom stereocenters. The molecule has 2 aromatic carbocycles.